The number of rotatable bonds is 2. The Labute approximate surface area is 163 Å². The zero-order valence-corrected chi connectivity index (χ0v) is 15.9. The van der Waals surface area contributed by atoms with Gasteiger partial charge in [-0.2, -0.15) is 13.2 Å². The number of nitrogens with one attached hydrogen (secondary N) is 1. The van der Waals surface area contributed by atoms with Crippen LogP contribution in [0.15, 0.2) is 30.5 Å². The second-order valence-electron chi connectivity index (χ2n) is 6.66. The number of halogens is 3. The summed E-state index contributed by atoms with van der Waals surface area (Å²) in [5.74, 6) is 1.27. The molecule has 1 heterocycles. The SMILES string of the molecule is CC(C)(C)OC(=O)Nc1cccc(C#Cc2cnc(C(O)(O)C(F)(F)F)s2)c1. The van der Waals surface area contributed by atoms with E-state index in [1.165, 1.54) is 0 Å². The topological polar surface area (TPSA) is 91.7 Å². The van der Waals surface area contributed by atoms with Gasteiger partial charge in [0.15, 0.2) is 5.01 Å². The molecule has 0 aliphatic heterocycles. The van der Waals surface area contributed by atoms with Crippen molar-refractivity contribution in [2.24, 2.45) is 0 Å². The van der Waals surface area contributed by atoms with Crippen LogP contribution in [0.2, 0.25) is 0 Å². The summed E-state index contributed by atoms with van der Waals surface area (Å²) in [6.07, 6.45) is -4.90. The van der Waals surface area contributed by atoms with Gasteiger partial charge in [-0.3, -0.25) is 5.32 Å². The Bertz CT molecular complexity index is 921. The van der Waals surface area contributed by atoms with Gasteiger partial charge in [0, 0.05) is 11.3 Å². The zero-order chi connectivity index (χ0) is 21.2. The summed E-state index contributed by atoms with van der Waals surface area (Å²) in [4.78, 5) is 15.3. The molecule has 28 heavy (non-hydrogen) atoms. The van der Waals surface area contributed by atoms with Crippen molar-refractivity contribution in [3.05, 3.63) is 45.9 Å². The first-order valence-corrected chi connectivity index (χ1v) is 8.69. The van der Waals surface area contributed by atoms with E-state index in [1.807, 2.05) is 0 Å². The molecule has 2 aromatic rings. The van der Waals surface area contributed by atoms with Crippen molar-refractivity contribution >= 4 is 23.1 Å². The van der Waals surface area contributed by atoms with Crippen LogP contribution >= 0.6 is 11.3 Å². The molecule has 2 rings (SSSR count). The quantitative estimate of drug-likeness (QED) is 0.516. The second kappa shape index (κ2) is 7.79. The van der Waals surface area contributed by atoms with Crippen LogP contribution in [0.3, 0.4) is 0 Å². The third kappa shape index (κ3) is 5.69. The second-order valence-corrected chi connectivity index (χ2v) is 7.69. The van der Waals surface area contributed by atoms with Gasteiger partial charge >= 0.3 is 18.1 Å². The first-order chi connectivity index (χ1) is 12.8. The van der Waals surface area contributed by atoms with Crippen molar-refractivity contribution in [2.45, 2.75) is 38.3 Å². The van der Waals surface area contributed by atoms with E-state index in [0.717, 1.165) is 6.20 Å². The molecule has 0 fully saturated rings. The number of hydrogen-bond donors (Lipinski definition) is 3. The molecule has 1 aromatic heterocycles. The Morgan fingerprint density at radius 2 is 1.89 bits per heavy atom. The van der Waals surface area contributed by atoms with E-state index in [2.05, 4.69) is 22.1 Å². The fraction of sp³-hybridized carbons (Fsp3) is 0.333. The Hall–Kier alpha value is -2.61. The van der Waals surface area contributed by atoms with E-state index in [1.54, 1.807) is 45.0 Å². The molecular formula is C18H17F3N2O4S. The van der Waals surface area contributed by atoms with Crippen molar-refractivity contribution in [2.75, 3.05) is 5.32 Å². The van der Waals surface area contributed by atoms with Crippen LogP contribution in [0.5, 0.6) is 0 Å². The molecule has 0 aliphatic rings. The van der Waals surface area contributed by atoms with E-state index in [-0.39, 0.29) is 4.88 Å². The van der Waals surface area contributed by atoms with Crippen molar-refractivity contribution in [1.82, 2.24) is 4.98 Å². The Kier molecular flexibility index (Phi) is 6.03. The van der Waals surface area contributed by atoms with Crippen LogP contribution in [0.1, 0.15) is 36.2 Å². The lowest BCUT2D eigenvalue weighted by Gasteiger charge is -2.21. The van der Waals surface area contributed by atoms with Gasteiger partial charge in [0.1, 0.15) is 5.60 Å². The van der Waals surface area contributed by atoms with Gasteiger partial charge in [-0.1, -0.05) is 12.0 Å². The van der Waals surface area contributed by atoms with Gasteiger partial charge in [-0.15, -0.1) is 11.3 Å². The minimum absolute atomic E-state index is 0.109. The fourth-order valence-electron chi connectivity index (χ4n) is 1.84. The maximum absolute atomic E-state index is 12.6. The first-order valence-electron chi connectivity index (χ1n) is 7.88. The largest absolute Gasteiger partial charge is 0.450 e. The molecule has 0 unspecified atom stereocenters. The average molecular weight is 414 g/mol. The maximum atomic E-state index is 12.6. The number of anilines is 1. The number of benzene rings is 1. The van der Waals surface area contributed by atoms with Gasteiger partial charge in [0.25, 0.3) is 0 Å². The van der Waals surface area contributed by atoms with E-state index < -0.39 is 28.7 Å². The molecule has 1 aromatic carbocycles. The number of hydrogen-bond acceptors (Lipinski definition) is 6. The van der Waals surface area contributed by atoms with E-state index in [4.69, 9.17) is 4.74 Å². The average Bonchev–Trinajstić information content (AvgIpc) is 3.00. The summed E-state index contributed by atoms with van der Waals surface area (Å²) in [6, 6.07) is 6.43. The number of thiazole rings is 1. The molecule has 0 spiro atoms. The molecule has 1 amide bonds. The highest BCUT2D eigenvalue weighted by molar-refractivity contribution is 7.12. The molecule has 0 aliphatic carbocycles. The Morgan fingerprint density at radius 1 is 1.21 bits per heavy atom. The molecule has 0 saturated carbocycles. The van der Waals surface area contributed by atoms with Gasteiger partial charge in [0.05, 0.1) is 11.1 Å². The summed E-state index contributed by atoms with van der Waals surface area (Å²) in [6.45, 7) is 5.18. The fourth-order valence-corrected chi connectivity index (χ4v) is 2.62. The number of aliphatic hydroxyl groups is 2. The van der Waals surface area contributed by atoms with Gasteiger partial charge in [-0.25, -0.2) is 9.78 Å². The zero-order valence-electron chi connectivity index (χ0n) is 15.1. The Morgan fingerprint density at radius 3 is 2.50 bits per heavy atom. The summed E-state index contributed by atoms with van der Waals surface area (Å²) >= 11 is 0.413. The highest BCUT2D eigenvalue weighted by Crippen LogP contribution is 2.38. The minimum Gasteiger partial charge on any atom is -0.444 e. The minimum atomic E-state index is -5.28. The van der Waals surface area contributed by atoms with Gasteiger partial charge < -0.3 is 14.9 Å². The number of carbonyl (C=O) groups excluding carboxylic acids is 1. The van der Waals surface area contributed by atoms with Crippen molar-refractivity contribution in [1.29, 1.82) is 0 Å². The normalized spacial score (nSPS) is 12.1. The highest BCUT2D eigenvalue weighted by atomic mass is 32.1. The predicted molar refractivity (Wildman–Crippen MR) is 96.6 cm³/mol. The smallest absolute Gasteiger partial charge is 0.444 e. The van der Waals surface area contributed by atoms with Crippen molar-refractivity contribution < 1.29 is 32.9 Å². The molecule has 0 saturated heterocycles. The van der Waals surface area contributed by atoms with Crippen molar-refractivity contribution in [3.8, 4) is 11.8 Å². The van der Waals surface area contributed by atoms with Crippen LogP contribution in [-0.4, -0.2) is 33.1 Å². The van der Waals surface area contributed by atoms with Crippen molar-refractivity contribution in [3.63, 3.8) is 0 Å². The lowest BCUT2D eigenvalue weighted by molar-refractivity contribution is -0.358. The number of nitrogens with zero attached hydrogens (tertiary/aromatic N) is 1. The van der Waals surface area contributed by atoms with Crippen LogP contribution in [-0.2, 0) is 10.5 Å². The molecule has 0 bridgehead atoms. The molecule has 0 radical (unpaired) electrons. The van der Waals surface area contributed by atoms with E-state index in [9.17, 15) is 28.2 Å². The highest BCUT2D eigenvalue weighted by Gasteiger charge is 2.56. The number of carbonyl (C=O) groups is 1. The number of alkyl halides is 3. The number of aromatic nitrogens is 1. The summed E-state index contributed by atoms with van der Waals surface area (Å²) in [5.41, 5.74) is 0.239. The predicted octanol–water partition coefficient (Wildman–Crippen LogP) is 3.59. The lowest BCUT2D eigenvalue weighted by Crippen LogP contribution is -2.41. The number of ether oxygens (including phenoxy) is 1. The van der Waals surface area contributed by atoms with Crippen LogP contribution < -0.4 is 5.32 Å². The maximum Gasteiger partial charge on any atom is 0.450 e. The van der Waals surface area contributed by atoms with Crippen LogP contribution in [0.4, 0.5) is 23.7 Å². The summed E-state index contributed by atoms with van der Waals surface area (Å²) < 4.78 is 43.0. The van der Waals surface area contributed by atoms with Gasteiger partial charge in [-0.05, 0) is 44.9 Å². The number of amides is 1. The molecule has 6 nitrogen and oxygen atoms in total. The van der Waals surface area contributed by atoms with Crippen LogP contribution in [0.25, 0.3) is 0 Å². The molecular weight excluding hydrogens is 397 g/mol. The van der Waals surface area contributed by atoms with E-state index >= 15 is 0 Å². The summed E-state index contributed by atoms with van der Waals surface area (Å²) in [5, 5.41) is 20.0. The van der Waals surface area contributed by atoms with Gasteiger partial charge in [0.2, 0.25) is 0 Å². The monoisotopic (exact) mass is 414 g/mol. The molecule has 0 atom stereocenters. The third-order valence-corrected chi connectivity index (χ3v) is 4.05. The standard InChI is InChI=1S/C18H17F3N2O4S/c1-16(2,3)27-15(24)23-12-6-4-5-11(9-12)7-8-13-10-22-14(28-13)17(25,26)18(19,20)21/h4-6,9-10,25-26H,1-3H3,(H,23,24). The molecule has 10 heteroatoms. The molecule has 150 valence electrons. The Balaban J connectivity index is 2.14. The molecule has 3 N–H and O–H groups in total. The van der Waals surface area contributed by atoms with E-state index in [0.29, 0.717) is 22.6 Å². The third-order valence-electron chi connectivity index (χ3n) is 3.04. The van der Waals surface area contributed by atoms with Crippen LogP contribution in [0, 0.1) is 11.8 Å². The summed E-state index contributed by atoms with van der Waals surface area (Å²) in [7, 11) is 0. The first kappa shape index (κ1) is 21.7. The lowest BCUT2D eigenvalue weighted by atomic mass is 10.2.